The second-order valence-corrected chi connectivity index (χ2v) is 7.20. The predicted molar refractivity (Wildman–Crippen MR) is 95.2 cm³/mol. The Kier molecular flexibility index (Phi) is 4.57. The van der Waals surface area contributed by atoms with Crippen LogP contribution in [-0.2, 0) is 6.54 Å². The van der Waals surface area contributed by atoms with Gasteiger partial charge in [-0.2, -0.15) is 0 Å². The lowest BCUT2D eigenvalue weighted by Crippen LogP contribution is -2.48. The lowest BCUT2D eigenvalue weighted by atomic mass is 10.0. The van der Waals surface area contributed by atoms with Crippen molar-refractivity contribution in [2.24, 2.45) is 0 Å². The quantitative estimate of drug-likeness (QED) is 0.858. The lowest BCUT2D eigenvalue weighted by molar-refractivity contribution is 0.0629. The molecule has 1 amide bonds. The number of rotatable bonds is 4. The van der Waals surface area contributed by atoms with E-state index in [0.29, 0.717) is 17.5 Å². The molecule has 0 aliphatic carbocycles. The van der Waals surface area contributed by atoms with Crippen LogP contribution >= 0.6 is 0 Å². The first kappa shape index (κ1) is 16.3. The average molecular weight is 339 g/mol. The summed E-state index contributed by atoms with van der Waals surface area (Å²) >= 11 is 0. The van der Waals surface area contributed by atoms with Crippen LogP contribution in [0.2, 0.25) is 0 Å². The van der Waals surface area contributed by atoms with Gasteiger partial charge in [0.05, 0.1) is 0 Å². The van der Waals surface area contributed by atoms with Gasteiger partial charge in [-0.25, -0.2) is 0 Å². The summed E-state index contributed by atoms with van der Waals surface area (Å²) in [7, 11) is 0. The summed E-state index contributed by atoms with van der Waals surface area (Å²) in [6, 6.07) is 13.1. The van der Waals surface area contributed by atoms with Gasteiger partial charge in [0, 0.05) is 31.2 Å². The molecule has 25 heavy (non-hydrogen) atoms. The van der Waals surface area contributed by atoms with Gasteiger partial charge >= 0.3 is 0 Å². The molecule has 0 bridgehead atoms. The number of carbonyl (C=O) groups excluding carboxylic acids is 1. The van der Waals surface area contributed by atoms with Crippen LogP contribution in [0.3, 0.4) is 0 Å². The molecule has 2 fully saturated rings. The van der Waals surface area contributed by atoms with Crippen LogP contribution in [0.4, 0.5) is 0 Å². The normalized spacial score (nSPS) is 24.1. The van der Waals surface area contributed by atoms with E-state index >= 15 is 0 Å². The zero-order valence-corrected chi connectivity index (χ0v) is 14.7. The number of hydrogen-bond acceptors (Lipinski definition) is 4. The van der Waals surface area contributed by atoms with Gasteiger partial charge in [0.15, 0.2) is 5.69 Å². The van der Waals surface area contributed by atoms with Gasteiger partial charge in [-0.15, -0.1) is 0 Å². The Morgan fingerprint density at radius 2 is 1.92 bits per heavy atom. The molecule has 0 radical (unpaired) electrons. The van der Waals surface area contributed by atoms with Gasteiger partial charge in [0.1, 0.15) is 5.76 Å². The smallest absolute Gasteiger partial charge is 0.276 e. The van der Waals surface area contributed by atoms with Crippen molar-refractivity contribution in [3.05, 3.63) is 53.4 Å². The Bertz CT molecular complexity index is 728. The topological polar surface area (TPSA) is 49.6 Å². The van der Waals surface area contributed by atoms with E-state index in [1.165, 1.54) is 18.4 Å². The summed E-state index contributed by atoms with van der Waals surface area (Å²) in [6.07, 6.45) is 4.53. The number of nitrogens with zero attached hydrogens (tertiary/aromatic N) is 3. The Morgan fingerprint density at radius 1 is 1.16 bits per heavy atom. The average Bonchev–Trinajstić information content (AvgIpc) is 3.35. The summed E-state index contributed by atoms with van der Waals surface area (Å²) in [5.74, 6) is 0.705. The van der Waals surface area contributed by atoms with Gasteiger partial charge < -0.3 is 9.42 Å². The third-order valence-corrected chi connectivity index (χ3v) is 5.49. The van der Waals surface area contributed by atoms with Gasteiger partial charge in [-0.1, -0.05) is 35.5 Å². The highest BCUT2D eigenvalue weighted by atomic mass is 16.5. The van der Waals surface area contributed by atoms with Crippen molar-refractivity contribution in [2.75, 3.05) is 13.1 Å². The fourth-order valence-electron chi connectivity index (χ4n) is 4.36. The molecule has 1 aromatic heterocycles. The molecule has 5 nitrogen and oxygen atoms in total. The van der Waals surface area contributed by atoms with Crippen LogP contribution < -0.4 is 0 Å². The van der Waals surface area contributed by atoms with E-state index < -0.39 is 0 Å². The van der Waals surface area contributed by atoms with Crippen molar-refractivity contribution in [3.8, 4) is 0 Å². The molecule has 4 rings (SSSR count). The van der Waals surface area contributed by atoms with Gasteiger partial charge in [0.2, 0.25) is 0 Å². The maximum absolute atomic E-state index is 12.9. The molecular weight excluding hydrogens is 314 g/mol. The van der Waals surface area contributed by atoms with Crippen LogP contribution in [0.25, 0.3) is 0 Å². The molecule has 0 N–H and O–H groups in total. The van der Waals surface area contributed by atoms with Crippen LogP contribution in [0, 0.1) is 6.92 Å². The van der Waals surface area contributed by atoms with Crippen LogP contribution in [0.5, 0.6) is 0 Å². The molecule has 2 atom stereocenters. The van der Waals surface area contributed by atoms with E-state index in [1.807, 2.05) is 11.8 Å². The van der Waals surface area contributed by atoms with Crippen molar-refractivity contribution in [1.82, 2.24) is 15.0 Å². The Balaban J connectivity index is 1.50. The van der Waals surface area contributed by atoms with Crippen molar-refractivity contribution < 1.29 is 9.32 Å². The molecule has 2 aliphatic heterocycles. The number of likely N-dealkylation sites (tertiary alicyclic amines) is 2. The minimum atomic E-state index is 0.0194. The van der Waals surface area contributed by atoms with Gasteiger partial charge in [-0.3, -0.25) is 9.69 Å². The first-order valence-electron chi connectivity index (χ1n) is 9.24. The fourth-order valence-corrected chi connectivity index (χ4v) is 4.36. The molecule has 3 heterocycles. The number of amides is 1. The molecule has 1 aromatic carbocycles. The number of aromatic nitrogens is 1. The number of carbonyl (C=O) groups is 1. The van der Waals surface area contributed by atoms with E-state index in [1.54, 1.807) is 6.07 Å². The fraction of sp³-hybridized carbons (Fsp3) is 0.500. The highest BCUT2D eigenvalue weighted by Gasteiger charge is 2.40. The zero-order chi connectivity index (χ0) is 17.2. The van der Waals surface area contributed by atoms with Crippen molar-refractivity contribution in [1.29, 1.82) is 0 Å². The summed E-state index contributed by atoms with van der Waals surface area (Å²) in [6.45, 7) is 4.73. The van der Waals surface area contributed by atoms with E-state index in [-0.39, 0.29) is 11.9 Å². The molecule has 0 saturated carbocycles. The maximum atomic E-state index is 12.9. The molecule has 2 saturated heterocycles. The molecule has 5 heteroatoms. The Labute approximate surface area is 148 Å². The van der Waals surface area contributed by atoms with E-state index in [4.69, 9.17) is 4.52 Å². The number of hydrogen-bond donors (Lipinski definition) is 0. The molecule has 2 aromatic rings. The first-order chi connectivity index (χ1) is 12.2. The monoisotopic (exact) mass is 339 g/mol. The van der Waals surface area contributed by atoms with Crippen molar-refractivity contribution in [2.45, 2.75) is 51.2 Å². The van der Waals surface area contributed by atoms with E-state index in [0.717, 1.165) is 32.5 Å². The minimum absolute atomic E-state index is 0.0194. The highest BCUT2D eigenvalue weighted by Crippen LogP contribution is 2.32. The lowest BCUT2D eigenvalue weighted by Gasteiger charge is -2.34. The first-order valence-corrected chi connectivity index (χ1v) is 9.24. The van der Waals surface area contributed by atoms with Crippen molar-refractivity contribution in [3.63, 3.8) is 0 Å². The predicted octanol–water partition coefficient (Wildman–Crippen LogP) is 3.25. The Morgan fingerprint density at radius 3 is 2.68 bits per heavy atom. The standard InChI is InChI=1S/C20H25N3O2/c1-15-13-17(21-25-15)20(24)23-12-6-10-19(23)18-9-5-11-22(18)14-16-7-3-2-4-8-16/h2-4,7-8,13,18-19H,5-6,9-12,14H2,1H3/t18-,19+/m1/s1. The van der Waals surface area contributed by atoms with E-state index in [2.05, 4.69) is 40.4 Å². The van der Waals surface area contributed by atoms with Gasteiger partial charge in [0.25, 0.3) is 5.91 Å². The largest absolute Gasteiger partial charge is 0.361 e. The van der Waals surface area contributed by atoms with Crippen molar-refractivity contribution >= 4 is 5.91 Å². The summed E-state index contributed by atoms with van der Waals surface area (Å²) in [4.78, 5) is 17.5. The minimum Gasteiger partial charge on any atom is -0.361 e. The summed E-state index contributed by atoms with van der Waals surface area (Å²) < 4.78 is 5.10. The highest BCUT2D eigenvalue weighted by molar-refractivity contribution is 5.92. The second-order valence-electron chi connectivity index (χ2n) is 7.20. The second kappa shape index (κ2) is 7.00. The molecule has 2 aliphatic rings. The number of aryl methyl sites for hydroxylation is 1. The third-order valence-electron chi connectivity index (χ3n) is 5.49. The van der Waals surface area contributed by atoms with Crippen LogP contribution in [-0.4, -0.2) is 46.0 Å². The van der Waals surface area contributed by atoms with E-state index in [9.17, 15) is 4.79 Å². The molecule has 132 valence electrons. The van der Waals surface area contributed by atoms with Gasteiger partial charge in [-0.05, 0) is 44.7 Å². The Hall–Kier alpha value is -2.14. The molecule has 0 spiro atoms. The maximum Gasteiger partial charge on any atom is 0.276 e. The summed E-state index contributed by atoms with van der Waals surface area (Å²) in [5, 5.41) is 3.93. The molecular formula is C20H25N3O2. The zero-order valence-electron chi connectivity index (χ0n) is 14.7. The third kappa shape index (κ3) is 3.33. The van der Waals surface area contributed by atoms with Crippen LogP contribution in [0.1, 0.15) is 47.5 Å². The molecule has 0 unspecified atom stereocenters. The SMILES string of the molecule is Cc1cc(C(=O)N2CCC[C@H]2[C@H]2CCCN2Cc2ccccc2)no1. The summed E-state index contributed by atoms with van der Waals surface area (Å²) in [5.41, 5.74) is 1.79. The van der Waals surface area contributed by atoms with Crippen LogP contribution in [0.15, 0.2) is 40.9 Å². The number of benzene rings is 1.